The van der Waals surface area contributed by atoms with Gasteiger partial charge in [0.05, 0.1) is 5.69 Å². The molecule has 2 heterocycles. The number of thiazole rings is 1. The molecule has 1 aromatic heterocycles. The van der Waals surface area contributed by atoms with E-state index in [0.717, 1.165) is 6.42 Å². The molecule has 3 nitrogen and oxygen atoms in total. The minimum absolute atomic E-state index is 0.188. The molecule has 1 atom stereocenters. The van der Waals surface area contributed by atoms with Gasteiger partial charge in [0, 0.05) is 24.0 Å². The molecule has 2 aliphatic rings. The molecule has 2 N–H and O–H groups in total. The van der Waals surface area contributed by atoms with Crippen LogP contribution in [0.1, 0.15) is 61.6 Å². The average Bonchev–Trinajstić information content (AvgIpc) is 2.73. The fourth-order valence-electron chi connectivity index (χ4n) is 3.01. The first kappa shape index (κ1) is 12.4. The zero-order chi connectivity index (χ0) is 12.4. The lowest BCUT2D eigenvalue weighted by molar-refractivity contribution is 0.550. The van der Waals surface area contributed by atoms with Crippen LogP contribution in [-0.2, 0) is 6.42 Å². The van der Waals surface area contributed by atoms with E-state index < -0.39 is 0 Å². The highest BCUT2D eigenvalue weighted by molar-refractivity contribution is 7.15. The highest BCUT2D eigenvalue weighted by Crippen LogP contribution is 2.36. The van der Waals surface area contributed by atoms with E-state index in [2.05, 4.69) is 4.90 Å². The van der Waals surface area contributed by atoms with Gasteiger partial charge in [-0.1, -0.05) is 19.3 Å². The summed E-state index contributed by atoms with van der Waals surface area (Å²) in [5, 5.41) is 1.24. The minimum Gasteiger partial charge on any atom is -0.348 e. The highest BCUT2D eigenvalue weighted by Gasteiger charge is 2.23. The molecule has 0 bridgehead atoms. The summed E-state index contributed by atoms with van der Waals surface area (Å²) < 4.78 is 0. The predicted octanol–water partition coefficient (Wildman–Crippen LogP) is 3.25. The van der Waals surface area contributed by atoms with Crippen molar-refractivity contribution in [2.45, 2.75) is 57.4 Å². The summed E-state index contributed by atoms with van der Waals surface area (Å²) in [5.41, 5.74) is 7.37. The van der Waals surface area contributed by atoms with Gasteiger partial charge in [-0.25, -0.2) is 4.98 Å². The van der Waals surface area contributed by atoms with Crippen molar-refractivity contribution in [2.75, 3.05) is 18.0 Å². The SMILES string of the molecule is NC1CCCc2sc(N3CCCCCCC3)nc21. The third-order valence-corrected chi connectivity index (χ3v) is 5.30. The van der Waals surface area contributed by atoms with Crippen molar-refractivity contribution in [1.82, 2.24) is 4.98 Å². The topological polar surface area (TPSA) is 42.1 Å². The van der Waals surface area contributed by atoms with Crippen molar-refractivity contribution in [3.8, 4) is 0 Å². The van der Waals surface area contributed by atoms with Crippen LogP contribution >= 0.6 is 11.3 Å². The van der Waals surface area contributed by atoms with Gasteiger partial charge in [0.15, 0.2) is 5.13 Å². The Morgan fingerprint density at radius 2 is 1.78 bits per heavy atom. The van der Waals surface area contributed by atoms with Gasteiger partial charge in [-0.05, 0) is 32.1 Å². The number of hydrogen-bond donors (Lipinski definition) is 1. The second kappa shape index (κ2) is 5.57. The van der Waals surface area contributed by atoms with E-state index in [-0.39, 0.29) is 6.04 Å². The lowest BCUT2D eigenvalue weighted by atomic mass is 9.99. The Labute approximate surface area is 113 Å². The van der Waals surface area contributed by atoms with Crippen LogP contribution in [0, 0.1) is 0 Å². The molecular weight excluding hydrogens is 242 g/mol. The lowest BCUT2D eigenvalue weighted by Gasteiger charge is -2.23. The summed E-state index contributed by atoms with van der Waals surface area (Å²) in [6.07, 6.45) is 10.3. The summed E-state index contributed by atoms with van der Waals surface area (Å²) in [4.78, 5) is 8.79. The number of nitrogens with two attached hydrogens (primary N) is 1. The molecule has 1 fully saturated rings. The van der Waals surface area contributed by atoms with Gasteiger partial charge in [0.2, 0.25) is 0 Å². The second-order valence-electron chi connectivity index (χ2n) is 5.56. The zero-order valence-corrected chi connectivity index (χ0v) is 11.8. The van der Waals surface area contributed by atoms with Crippen LogP contribution in [0.5, 0.6) is 0 Å². The summed E-state index contributed by atoms with van der Waals surface area (Å²) in [5.74, 6) is 0. The van der Waals surface area contributed by atoms with Crippen LogP contribution in [-0.4, -0.2) is 18.1 Å². The normalized spacial score (nSPS) is 25.4. The first-order chi connectivity index (χ1) is 8.84. The fraction of sp³-hybridized carbons (Fsp3) is 0.786. The number of aromatic nitrogens is 1. The van der Waals surface area contributed by atoms with Crippen molar-refractivity contribution < 1.29 is 0 Å². The molecule has 3 rings (SSSR count). The third kappa shape index (κ3) is 2.54. The van der Waals surface area contributed by atoms with Crippen LogP contribution in [0.25, 0.3) is 0 Å². The Bertz CT molecular complexity index is 394. The van der Waals surface area contributed by atoms with Crippen LogP contribution in [0.2, 0.25) is 0 Å². The number of anilines is 1. The molecule has 100 valence electrons. The molecule has 1 aliphatic heterocycles. The number of hydrogen-bond acceptors (Lipinski definition) is 4. The van der Waals surface area contributed by atoms with Crippen LogP contribution in [0.3, 0.4) is 0 Å². The van der Waals surface area contributed by atoms with E-state index in [0.29, 0.717) is 0 Å². The molecule has 0 amide bonds. The molecule has 18 heavy (non-hydrogen) atoms. The summed E-state index contributed by atoms with van der Waals surface area (Å²) >= 11 is 1.90. The van der Waals surface area contributed by atoms with Gasteiger partial charge >= 0.3 is 0 Å². The van der Waals surface area contributed by atoms with E-state index in [1.54, 1.807) is 0 Å². The second-order valence-corrected chi connectivity index (χ2v) is 6.62. The van der Waals surface area contributed by atoms with Gasteiger partial charge in [-0.3, -0.25) is 0 Å². The summed E-state index contributed by atoms with van der Waals surface area (Å²) in [6, 6.07) is 0.188. The van der Waals surface area contributed by atoms with Gasteiger partial charge in [-0.2, -0.15) is 0 Å². The van der Waals surface area contributed by atoms with E-state index in [1.165, 1.54) is 73.7 Å². The molecule has 0 saturated carbocycles. The Morgan fingerprint density at radius 3 is 2.50 bits per heavy atom. The maximum absolute atomic E-state index is 6.17. The molecule has 0 aromatic carbocycles. The Balaban J connectivity index is 1.78. The largest absolute Gasteiger partial charge is 0.348 e. The summed E-state index contributed by atoms with van der Waals surface area (Å²) in [7, 11) is 0. The average molecular weight is 265 g/mol. The number of nitrogens with zero attached hydrogens (tertiary/aromatic N) is 2. The standard InChI is InChI=1S/C14H23N3S/c15-11-7-6-8-12-13(11)16-14(18-12)17-9-4-2-1-3-5-10-17/h11H,1-10,15H2. The monoisotopic (exact) mass is 265 g/mol. The van der Waals surface area contributed by atoms with Crippen LogP contribution in [0.15, 0.2) is 0 Å². The van der Waals surface area contributed by atoms with Gasteiger partial charge in [0.1, 0.15) is 0 Å². The molecule has 1 unspecified atom stereocenters. The lowest BCUT2D eigenvalue weighted by Crippen LogP contribution is -2.27. The Hall–Kier alpha value is -0.610. The van der Waals surface area contributed by atoms with Crippen LogP contribution in [0.4, 0.5) is 5.13 Å². The fourth-order valence-corrected chi connectivity index (χ4v) is 4.24. The van der Waals surface area contributed by atoms with Crippen molar-refractivity contribution in [1.29, 1.82) is 0 Å². The van der Waals surface area contributed by atoms with E-state index in [1.807, 2.05) is 11.3 Å². The third-order valence-electron chi connectivity index (χ3n) is 4.11. The van der Waals surface area contributed by atoms with E-state index in [4.69, 9.17) is 10.7 Å². The number of rotatable bonds is 1. The molecule has 1 saturated heterocycles. The van der Waals surface area contributed by atoms with E-state index in [9.17, 15) is 0 Å². The molecule has 1 aliphatic carbocycles. The molecule has 4 heteroatoms. The molecular formula is C14H23N3S. The zero-order valence-electron chi connectivity index (χ0n) is 11.0. The first-order valence-corrected chi connectivity index (χ1v) is 8.16. The van der Waals surface area contributed by atoms with Crippen molar-refractivity contribution in [2.24, 2.45) is 5.73 Å². The highest BCUT2D eigenvalue weighted by atomic mass is 32.1. The number of aryl methyl sites for hydroxylation is 1. The molecule has 1 aromatic rings. The van der Waals surface area contributed by atoms with Crippen LogP contribution < -0.4 is 10.6 Å². The summed E-state index contributed by atoms with van der Waals surface area (Å²) in [6.45, 7) is 2.36. The maximum Gasteiger partial charge on any atom is 0.185 e. The van der Waals surface area contributed by atoms with E-state index >= 15 is 0 Å². The quantitative estimate of drug-likeness (QED) is 0.847. The van der Waals surface area contributed by atoms with Gasteiger partial charge < -0.3 is 10.6 Å². The van der Waals surface area contributed by atoms with Gasteiger partial charge in [-0.15, -0.1) is 11.3 Å². The first-order valence-electron chi connectivity index (χ1n) is 7.35. The predicted molar refractivity (Wildman–Crippen MR) is 77.3 cm³/mol. The maximum atomic E-state index is 6.17. The molecule has 0 spiro atoms. The van der Waals surface area contributed by atoms with Crippen molar-refractivity contribution in [3.05, 3.63) is 10.6 Å². The Morgan fingerprint density at radius 1 is 1.06 bits per heavy atom. The van der Waals surface area contributed by atoms with Crippen molar-refractivity contribution in [3.63, 3.8) is 0 Å². The van der Waals surface area contributed by atoms with Gasteiger partial charge in [0.25, 0.3) is 0 Å². The molecule has 0 radical (unpaired) electrons. The smallest absolute Gasteiger partial charge is 0.185 e. The minimum atomic E-state index is 0.188. The number of fused-ring (bicyclic) bond motifs is 1. The van der Waals surface area contributed by atoms with Crippen molar-refractivity contribution >= 4 is 16.5 Å². The Kier molecular flexibility index (Phi) is 3.85.